The van der Waals surface area contributed by atoms with E-state index in [-0.39, 0.29) is 0 Å². The molecule has 0 bridgehead atoms. The number of ether oxygens (including phenoxy) is 1. The second-order valence-electron chi connectivity index (χ2n) is 10.2. The smallest absolute Gasteiger partial charge is 0.273 e. The van der Waals surface area contributed by atoms with Gasteiger partial charge in [-0.15, -0.1) is 11.3 Å². The monoisotopic (exact) mass is 504 g/mol. The fourth-order valence-corrected chi connectivity index (χ4v) is 8.12. The normalized spacial score (nSPS) is 25.0. The van der Waals surface area contributed by atoms with Crippen molar-refractivity contribution in [1.29, 1.82) is 0 Å². The zero-order valence-electron chi connectivity index (χ0n) is 20.4. The van der Waals surface area contributed by atoms with Crippen LogP contribution in [0.1, 0.15) is 56.2 Å². The molecule has 9 heteroatoms. The maximum atomic E-state index is 13.3. The van der Waals surface area contributed by atoms with E-state index in [0.29, 0.717) is 39.6 Å². The highest BCUT2D eigenvalue weighted by Gasteiger charge is 2.32. The van der Waals surface area contributed by atoms with Crippen molar-refractivity contribution in [2.45, 2.75) is 68.8 Å². The molecule has 2 aromatic rings. The molecule has 7 nitrogen and oxygen atoms in total. The molecular weight excluding hydrogens is 468 g/mol. The van der Waals surface area contributed by atoms with Gasteiger partial charge in [0, 0.05) is 38.6 Å². The number of hydrogen-bond donors (Lipinski definition) is 1. The Morgan fingerprint density at radius 1 is 1.09 bits per heavy atom. The van der Waals surface area contributed by atoms with Crippen LogP contribution in [0.15, 0.2) is 28.5 Å². The number of nitrogens with zero attached hydrogens (tertiary/aromatic N) is 3. The van der Waals surface area contributed by atoms with Crippen molar-refractivity contribution >= 4 is 32.7 Å². The topological polar surface area (TPSA) is 74.8 Å². The van der Waals surface area contributed by atoms with Crippen LogP contribution in [0.3, 0.4) is 0 Å². The van der Waals surface area contributed by atoms with Gasteiger partial charge in [-0.2, -0.15) is 0 Å². The molecule has 1 N–H and O–H groups in total. The molecule has 3 aliphatic rings. The number of thiazole rings is 1. The summed E-state index contributed by atoms with van der Waals surface area (Å²) < 4.78 is 35.6. The van der Waals surface area contributed by atoms with Crippen molar-refractivity contribution < 1.29 is 13.2 Å². The molecule has 1 saturated carbocycles. The Bertz CT molecular complexity index is 1100. The molecule has 3 fully saturated rings. The minimum atomic E-state index is -3.67. The predicted molar refractivity (Wildman–Crippen MR) is 137 cm³/mol. The zero-order chi connectivity index (χ0) is 23.9. The zero-order valence-corrected chi connectivity index (χ0v) is 22.0. The largest absolute Gasteiger partial charge is 0.373 e. The van der Waals surface area contributed by atoms with E-state index in [2.05, 4.69) is 33.4 Å². The maximum Gasteiger partial charge on any atom is 0.273 e. The van der Waals surface area contributed by atoms with Gasteiger partial charge in [0.1, 0.15) is 0 Å². The van der Waals surface area contributed by atoms with Crippen molar-refractivity contribution in [2.75, 3.05) is 42.3 Å². The molecule has 3 heterocycles. The van der Waals surface area contributed by atoms with Crippen LogP contribution in [0.2, 0.25) is 0 Å². The molecule has 2 saturated heterocycles. The lowest BCUT2D eigenvalue weighted by atomic mass is 9.95. The van der Waals surface area contributed by atoms with Crippen molar-refractivity contribution in [3.63, 3.8) is 0 Å². The quantitative estimate of drug-likeness (QED) is 0.600. The number of para-hydroxylation sites is 2. The van der Waals surface area contributed by atoms with E-state index in [0.717, 1.165) is 69.1 Å². The number of benzene rings is 1. The Morgan fingerprint density at radius 3 is 2.44 bits per heavy atom. The summed E-state index contributed by atoms with van der Waals surface area (Å²) in [5.74, 6) is 1.11. The average Bonchev–Trinajstić information content (AvgIpc) is 3.55. The number of aryl methyl sites for hydroxylation is 1. The SMILES string of the molecule is Cc1nc(C2CC2)sc1S(=O)(=O)Nc1ccccc1N1CCC(CN2C[C@@H](C)O[C@@H](C)C2)CC1. The van der Waals surface area contributed by atoms with E-state index in [1.807, 2.05) is 24.3 Å². The molecule has 1 aliphatic carbocycles. The van der Waals surface area contributed by atoms with Crippen LogP contribution in [0.4, 0.5) is 11.4 Å². The summed E-state index contributed by atoms with van der Waals surface area (Å²) in [5, 5.41) is 0.956. The lowest BCUT2D eigenvalue weighted by Crippen LogP contribution is -2.48. The van der Waals surface area contributed by atoms with E-state index in [9.17, 15) is 8.42 Å². The first-order valence-corrected chi connectivity index (χ1v) is 14.8. The second-order valence-corrected chi connectivity index (χ2v) is 13.1. The third-order valence-corrected chi connectivity index (χ3v) is 10.4. The highest BCUT2D eigenvalue weighted by atomic mass is 32.2. The van der Waals surface area contributed by atoms with Crippen LogP contribution in [-0.4, -0.2) is 63.2 Å². The highest BCUT2D eigenvalue weighted by Crippen LogP contribution is 2.44. The Balaban J connectivity index is 1.24. The van der Waals surface area contributed by atoms with Crippen molar-refractivity contribution in [1.82, 2.24) is 9.88 Å². The lowest BCUT2D eigenvalue weighted by Gasteiger charge is -2.40. The van der Waals surface area contributed by atoms with Crippen LogP contribution in [-0.2, 0) is 14.8 Å². The van der Waals surface area contributed by atoms with E-state index in [1.165, 1.54) is 11.3 Å². The number of rotatable bonds is 7. The number of nitrogens with one attached hydrogen (secondary N) is 1. The van der Waals surface area contributed by atoms with E-state index in [1.54, 1.807) is 6.92 Å². The first kappa shape index (κ1) is 24.0. The van der Waals surface area contributed by atoms with Crippen LogP contribution in [0.25, 0.3) is 0 Å². The minimum Gasteiger partial charge on any atom is -0.373 e. The molecule has 186 valence electrons. The molecule has 0 unspecified atom stereocenters. The van der Waals surface area contributed by atoms with Crippen LogP contribution in [0, 0.1) is 12.8 Å². The maximum absolute atomic E-state index is 13.3. The van der Waals surface area contributed by atoms with Gasteiger partial charge in [0.05, 0.1) is 34.3 Å². The molecular formula is C25H36N4O3S2. The Labute approximate surface area is 207 Å². The number of sulfonamides is 1. The van der Waals surface area contributed by atoms with Gasteiger partial charge in [-0.1, -0.05) is 12.1 Å². The summed E-state index contributed by atoms with van der Waals surface area (Å²) in [6.45, 7) is 11.1. The van der Waals surface area contributed by atoms with Crippen molar-refractivity contribution in [2.24, 2.45) is 5.92 Å². The fraction of sp³-hybridized carbons (Fsp3) is 0.640. The summed E-state index contributed by atoms with van der Waals surface area (Å²) in [6, 6.07) is 7.77. The molecule has 0 spiro atoms. The van der Waals surface area contributed by atoms with Gasteiger partial charge in [0.25, 0.3) is 10.0 Å². The summed E-state index contributed by atoms with van der Waals surface area (Å²) in [6.07, 6.45) is 5.04. The number of aromatic nitrogens is 1. The minimum absolute atomic E-state index is 0.297. The fourth-order valence-electron chi connectivity index (χ4n) is 5.34. The van der Waals surface area contributed by atoms with Crippen LogP contribution < -0.4 is 9.62 Å². The lowest BCUT2D eigenvalue weighted by molar-refractivity contribution is -0.0720. The molecule has 2 atom stereocenters. The Kier molecular flexibility index (Phi) is 6.90. The van der Waals surface area contributed by atoms with E-state index < -0.39 is 10.0 Å². The predicted octanol–water partition coefficient (Wildman–Crippen LogP) is 4.46. The van der Waals surface area contributed by atoms with Crippen LogP contribution >= 0.6 is 11.3 Å². The third kappa shape index (κ3) is 5.42. The average molecular weight is 505 g/mol. The molecule has 0 radical (unpaired) electrons. The van der Waals surface area contributed by atoms with E-state index in [4.69, 9.17) is 4.74 Å². The van der Waals surface area contributed by atoms with Crippen molar-refractivity contribution in [3.8, 4) is 0 Å². The second kappa shape index (κ2) is 9.76. The number of morpholine rings is 1. The molecule has 1 aromatic carbocycles. The number of anilines is 2. The van der Waals surface area contributed by atoms with Gasteiger partial charge in [-0.25, -0.2) is 13.4 Å². The first-order chi connectivity index (χ1) is 16.3. The first-order valence-electron chi connectivity index (χ1n) is 12.5. The van der Waals surface area contributed by atoms with Gasteiger partial charge in [0.2, 0.25) is 0 Å². The van der Waals surface area contributed by atoms with Gasteiger partial charge in [0.15, 0.2) is 4.21 Å². The molecule has 34 heavy (non-hydrogen) atoms. The molecule has 1 aromatic heterocycles. The van der Waals surface area contributed by atoms with E-state index >= 15 is 0 Å². The highest BCUT2D eigenvalue weighted by molar-refractivity contribution is 7.94. The molecule has 5 rings (SSSR count). The third-order valence-electron chi connectivity index (χ3n) is 7.06. The van der Waals surface area contributed by atoms with Gasteiger partial charge >= 0.3 is 0 Å². The Morgan fingerprint density at radius 2 is 1.76 bits per heavy atom. The summed E-state index contributed by atoms with van der Waals surface area (Å²) in [5.41, 5.74) is 2.21. The van der Waals surface area contributed by atoms with Gasteiger partial charge in [-0.05, 0) is 64.5 Å². The summed E-state index contributed by atoms with van der Waals surface area (Å²) in [4.78, 5) is 9.41. The number of hydrogen-bond acceptors (Lipinski definition) is 7. The van der Waals surface area contributed by atoms with Crippen LogP contribution in [0.5, 0.6) is 0 Å². The summed E-state index contributed by atoms with van der Waals surface area (Å²) >= 11 is 1.33. The molecule has 2 aliphatic heterocycles. The van der Waals surface area contributed by atoms with Crippen molar-refractivity contribution in [3.05, 3.63) is 35.0 Å². The number of piperidine rings is 1. The summed E-state index contributed by atoms with van der Waals surface area (Å²) in [7, 11) is -3.67. The van der Waals surface area contributed by atoms with Gasteiger partial charge in [-0.3, -0.25) is 9.62 Å². The van der Waals surface area contributed by atoms with Gasteiger partial charge < -0.3 is 9.64 Å². The Hall–Kier alpha value is -1.68. The standard InChI is InChI=1S/C25H36N4O3S2/c1-17-14-28(15-18(2)32-17)16-20-10-12-29(13-11-20)23-7-5-4-6-22(23)27-34(30,31)25-19(3)26-24(33-25)21-8-9-21/h4-7,17-18,20-21,27H,8-16H2,1-3H3/t17-,18+. The molecule has 0 amide bonds.